The SMILES string of the molecule is CCCOc1ccc(C(O)=C2C(=O)C(=O)N(CCN(C)C)[C@H]2c2cccc(Oc3ccccc3)c2)c(C)c1. The van der Waals surface area contributed by atoms with E-state index in [0.29, 0.717) is 48.1 Å². The maximum atomic E-state index is 13.4. The first-order chi connectivity index (χ1) is 18.3. The summed E-state index contributed by atoms with van der Waals surface area (Å²) in [6, 6.07) is 21.3. The predicted molar refractivity (Wildman–Crippen MR) is 147 cm³/mol. The van der Waals surface area contributed by atoms with Gasteiger partial charge in [0.25, 0.3) is 11.7 Å². The van der Waals surface area contributed by atoms with Gasteiger partial charge in [0.1, 0.15) is 23.0 Å². The molecule has 1 N–H and O–H groups in total. The van der Waals surface area contributed by atoms with Crippen LogP contribution in [0.4, 0.5) is 0 Å². The highest BCUT2D eigenvalue weighted by molar-refractivity contribution is 6.46. The summed E-state index contributed by atoms with van der Waals surface area (Å²) >= 11 is 0. The fraction of sp³-hybridized carbons (Fsp3) is 0.290. The number of likely N-dealkylation sites (tertiary alicyclic amines) is 1. The highest BCUT2D eigenvalue weighted by Crippen LogP contribution is 2.41. The third-order valence-electron chi connectivity index (χ3n) is 6.41. The first-order valence-electron chi connectivity index (χ1n) is 12.8. The molecule has 1 aliphatic heterocycles. The molecule has 0 spiro atoms. The van der Waals surface area contributed by atoms with Crippen LogP contribution in [0.5, 0.6) is 17.2 Å². The standard InChI is InChI=1S/C31H34N2O5/c1-5-18-37-24-14-15-26(21(2)19-24)29(34)27-28(33(17-16-32(3)4)31(36)30(27)35)22-10-9-13-25(20-22)38-23-11-7-6-8-12-23/h6-15,19-20,28,34H,5,16-18H2,1-4H3/t28-/m0/s1. The van der Waals surface area contributed by atoms with Crippen LogP contribution in [0.25, 0.3) is 5.76 Å². The van der Waals surface area contributed by atoms with E-state index < -0.39 is 17.7 Å². The Hall–Kier alpha value is -4.10. The molecular formula is C31H34N2O5. The van der Waals surface area contributed by atoms with E-state index in [2.05, 4.69) is 0 Å². The van der Waals surface area contributed by atoms with Crippen LogP contribution in [0.3, 0.4) is 0 Å². The molecule has 0 aromatic heterocycles. The quantitative estimate of drug-likeness (QED) is 0.217. The van der Waals surface area contributed by atoms with Gasteiger partial charge in [0.05, 0.1) is 18.2 Å². The molecule has 198 valence electrons. The number of carbonyl (C=O) groups is 2. The highest BCUT2D eigenvalue weighted by Gasteiger charge is 2.46. The van der Waals surface area contributed by atoms with Crippen LogP contribution in [0.2, 0.25) is 0 Å². The lowest BCUT2D eigenvalue weighted by Gasteiger charge is -2.27. The van der Waals surface area contributed by atoms with Crippen molar-refractivity contribution < 1.29 is 24.2 Å². The number of carbonyl (C=O) groups excluding carboxylic acids is 2. The smallest absolute Gasteiger partial charge is 0.295 e. The molecule has 0 saturated carbocycles. The molecular weight excluding hydrogens is 480 g/mol. The summed E-state index contributed by atoms with van der Waals surface area (Å²) < 4.78 is 11.7. The molecule has 4 rings (SSSR count). The number of nitrogens with zero attached hydrogens (tertiary/aromatic N) is 2. The van der Waals surface area contributed by atoms with Gasteiger partial charge in [0.2, 0.25) is 0 Å². The van der Waals surface area contributed by atoms with Crippen molar-refractivity contribution in [3.8, 4) is 17.2 Å². The number of likely N-dealkylation sites (N-methyl/N-ethyl adjacent to an activating group) is 1. The Kier molecular flexibility index (Phi) is 8.48. The second-order valence-corrected chi connectivity index (χ2v) is 9.61. The molecule has 1 saturated heterocycles. The zero-order chi connectivity index (χ0) is 27.2. The first-order valence-corrected chi connectivity index (χ1v) is 12.8. The Morgan fingerprint density at radius 2 is 1.68 bits per heavy atom. The number of benzene rings is 3. The number of para-hydroxylation sites is 1. The summed E-state index contributed by atoms with van der Waals surface area (Å²) in [7, 11) is 3.82. The zero-order valence-electron chi connectivity index (χ0n) is 22.3. The number of hydrogen-bond acceptors (Lipinski definition) is 6. The number of ether oxygens (including phenoxy) is 2. The van der Waals surface area contributed by atoms with E-state index in [-0.39, 0.29) is 11.3 Å². The van der Waals surface area contributed by atoms with Gasteiger partial charge in [0.15, 0.2) is 0 Å². The third kappa shape index (κ3) is 5.89. The number of ketones is 1. The van der Waals surface area contributed by atoms with E-state index in [9.17, 15) is 14.7 Å². The van der Waals surface area contributed by atoms with E-state index in [4.69, 9.17) is 9.47 Å². The zero-order valence-corrected chi connectivity index (χ0v) is 22.3. The second kappa shape index (κ2) is 12.0. The maximum absolute atomic E-state index is 13.4. The molecule has 0 unspecified atom stereocenters. The minimum absolute atomic E-state index is 0.0657. The van der Waals surface area contributed by atoms with Crippen LogP contribution in [-0.2, 0) is 9.59 Å². The highest BCUT2D eigenvalue weighted by atomic mass is 16.5. The average Bonchev–Trinajstić information content (AvgIpc) is 3.16. The van der Waals surface area contributed by atoms with Crippen LogP contribution in [0.1, 0.15) is 36.1 Å². The lowest BCUT2D eigenvalue weighted by atomic mass is 9.93. The Bertz CT molecular complexity index is 1330. The van der Waals surface area contributed by atoms with Gasteiger partial charge in [-0.1, -0.05) is 37.3 Å². The van der Waals surface area contributed by atoms with Crippen LogP contribution in [0, 0.1) is 6.92 Å². The van der Waals surface area contributed by atoms with Gasteiger partial charge in [-0.05, 0) is 81.0 Å². The van der Waals surface area contributed by atoms with Crippen molar-refractivity contribution in [3.05, 3.63) is 95.1 Å². The molecule has 0 radical (unpaired) electrons. The van der Waals surface area contributed by atoms with Crippen LogP contribution in [0.15, 0.2) is 78.4 Å². The van der Waals surface area contributed by atoms with Crippen LogP contribution in [-0.4, -0.2) is 60.4 Å². The van der Waals surface area contributed by atoms with Crippen molar-refractivity contribution in [2.75, 3.05) is 33.8 Å². The van der Waals surface area contributed by atoms with Crippen molar-refractivity contribution in [1.29, 1.82) is 0 Å². The summed E-state index contributed by atoms with van der Waals surface area (Å²) in [5.74, 6) is 0.400. The maximum Gasteiger partial charge on any atom is 0.295 e. The number of Topliss-reactive ketones (excluding diaryl/α,β-unsaturated/α-hetero) is 1. The molecule has 0 bridgehead atoms. The van der Waals surface area contributed by atoms with Gasteiger partial charge in [-0.3, -0.25) is 9.59 Å². The molecule has 1 heterocycles. The Balaban J connectivity index is 1.78. The Labute approximate surface area is 223 Å². The predicted octanol–water partition coefficient (Wildman–Crippen LogP) is 5.56. The minimum atomic E-state index is -0.760. The van der Waals surface area contributed by atoms with Crippen molar-refractivity contribution in [3.63, 3.8) is 0 Å². The van der Waals surface area contributed by atoms with Crippen molar-refractivity contribution in [2.24, 2.45) is 0 Å². The fourth-order valence-corrected chi connectivity index (χ4v) is 4.49. The number of aliphatic hydroxyl groups excluding tert-OH is 1. The number of hydrogen-bond donors (Lipinski definition) is 1. The minimum Gasteiger partial charge on any atom is -0.507 e. The fourth-order valence-electron chi connectivity index (χ4n) is 4.49. The largest absolute Gasteiger partial charge is 0.507 e. The molecule has 0 aliphatic carbocycles. The van der Waals surface area contributed by atoms with E-state index >= 15 is 0 Å². The summed E-state index contributed by atoms with van der Waals surface area (Å²) in [6.07, 6.45) is 0.879. The van der Waals surface area contributed by atoms with Gasteiger partial charge >= 0.3 is 0 Å². The van der Waals surface area contributed by atoms with Gasteiger partial charge in [-0.25, -0.2) is 0 Å². The van der Waals surface area contributed by atoms with Crippen molar-refractivity contribution in [1.82, 2.24) is 9.80 Å². The molecule has 7 heteroatoms. The number of aryl methyl sites for hydroxylation is 1. The summed E-state index contributed by atoms with van der Waals surface area (Å²) in [5, 5.41) is 11.5. The van der Waals surface area contributed by atoms with E-state index in [0.717, 1.165) is 12.0 Å². The number of rotatable bonds is 10. The van der Waals surface area contributed by atoms with E-state index in [1.807, 2.05) is 93.5 Å². The van der Waals surface area contributed by atoms with Gasteiger partial charge in [-0.15, -0.1) is 0 Å². The Morgan fingerprint density at radius 3 is 2.37 bits per heavy atom. The molecule has 3 aromatic carbocycles. The van der Waals surface area contributed by atoms with Crippen LogP contribution >= 0.6 is 0 Å². The molecule has 38 heavy (non-hydrogen) atoms. The molecule has 1 atom stereocenters. The third-order valence-corrected chi connectivity index (χ3v) is 6.41. The molecule has 3 aromatic rings. The van der Waals surface area contributed by atoms with Gasteiger partial charge < -0.3 is 24.4 Å². The first kappa shape index (κ1) is 26.9. The van der Waals surface area contributed by atoms with Crippen molar-refractivity contribution >= 4 is 17.4 Å². The monoisotopic (exact) mass is 514 g/mol. The second-order valence-electron chi connectivity index (χ2n) is 9.61. The van der Waals surface area contributed by atoms with Crippen molar-refractivity contribution in [2.45, 2.75) is 26.3 Å². The van der Waals surface area contributed by atoms with Gasteiger partial charge in [0, 0.05) is 18.7 Å². The van der Waals surface area contributed by atoms with Gasteiger partial charge in [-0.2, -0.15) is 0 Å². The number of amides is 1. The summed E-state index contributed by atoms with van der Waals surface area (Å²) in [6.45, 7) is 5.35. The van der Waals surface area contributed by atoms with Crippen LogP contribution < -0.4 is 9.47 Å². The lowest BCUT2D eigenvalue weighted by Crippen LogP contribution is -2.35. The summed E-state index contributed by atoms with van der Waals surface area (Å²) in [4.78, 5) is 30.1. The molecule has 7 nitrogen and oxygen atoms in total. The molecule has 1 fully saturated rings. The van der Waals surface area contributed by atoms with E-state index in [1.54, 1.807) is 12.1 Å². The molecule has 1 amide bonds. The van der Waals surface area contributed by atoms with E-state index in [1.165, 1.54) is 4.90 Å². The Morgan fingerprint density at radius 1 is 0.947 bits per heavy atom. The lowest BCUT2D eigenvalue weighted by molar-refractivity contribution is -0.140. The summed E-state index contributed by atoms with van der Waals surface area (Å²) in [5.41, 5.74) is 1.98. The average molecular weight is 515 g/mol. The molecule has 1 aliphatic rings. The topological polar surface area (TPSA) is 79.3 Å². The number of aliphatic hydroxyl groups is 1. The normalized spacial score (nSPS) is 16.8.